The summed E-state index contributed by atoms with van der Waals surface area (Å²) in [6.45, 7) is 2.39. The number of benzene rings is 3. The third-order valence-corrected chi connectivity index (χ3v) is 5.75. The lowest BCUT2D eigenvalue weighted by Crippen LogP contribution is -2.54. The maximum Gasteiger partial charge on any atom is 0.321 e. The fraction of sp³-hybridized carbons (Fsp3) is 0.280. The number of para-hydroxylation sites is 1. The number of piperazine rings is 1. The van der Waals surface area contributed by atoms with E-state index >= 15 is 0 Å². The summed E-state index contributed by atoms with van der Waals surface area (Å²) >= 11 is 0. The van der Waals surface area contributed by atoms with Gasteiger partial charge in [0.15, 0.2) is 0 Å². The van der Waals surface area contributed by atoms with Crippen LogP contribution >= 0.6 is 0 Å². The molecule has 31 heavy (non-hydrogen) atoms. The second-order valence-electron chi connectivity index (χ2n) is 7.66. The van der Waals surface area contributed by atoms with Gasteiger partial charge in [0.1, 0.15) is 11.8 Å². The number of carbonyl (C=O) groups is 2. The largest absolute Gasteiger partial charge is 0.494 e. The summed E-state index contributed by atoms with van der Waals surface area (Å²) in [6.07, 6.45) is 0.390. The van der Waals surface area contributed by atoms with Gasteiger partial charge in [-0.25, -0.2) is 0 Å². The summed E-state index contributed by atoms with van der Waals surface area (Å²) < 4.78 is 5.68. The normalized spacial score (nSPS) is 15.5. The molecule has 3 aromatic rings. The Morgan fingerprint density at radius 3 is 2.29 bits per heavy atom. The molecular formula is C25H26N2O4. The van der Waals surface area contributed by atoms with Crippen LogP contribution in [0.2, 0.25) is 0 Å². The van der Waals surface area contributed by atoms with Gasteiger partial charge in [0.2, 0.25) is 0 Å². The highest BCUT2D eigenvalue weighted by Gasteiger charge is 2.30. The van der Waals surface area contributed by atoms with Gasteiger partial charge in [0, 0.05) is 38.2 Å². The number of rotatable bonds is 7. The first-order chi connectivity index (χ1) is 15.1. The van der Waals surface area contributed by atoms with E-state index in [9.17, 15) is 14.7 Å². The van der Waals surface area contributed by atoms with Gasteiger partial charge >= 0.3 is 5.97 Å². The molecule has 0 spiro atoms. The lowest BCUT2D eigenvalue weighted by Gasteiger charge is -2.37. The molecule has 1 heterocycles. The third-order valence-electron chi connectivity index (χ3n) is 5.75. The third kappa shape index (κ3) is 4.86. The van der Waals surface area contributed by atoms with Crippen molar-refractivity contribution in [2.24, 2.45) is 0 Å². The summed E-state index contributed by atoms with van der Waals surface area (Å²) in [5.41, 5.74) is 0.692. The highest BCUT2D eigenvalue weighted by atomic mass is 16.5. The van der Waals surface area contributed by atoms with Gasteiger partial charge < -0.3 is 14.7 Å². The molecule has 6 heteroatoms. The molecule has 1 saturated heterocycles. The van der Waals surface area contributed by atoms with Crippen molar-refractivity contribution in [3.8, 4) is 5.75 Å². The molecule has 4 rings (SSSR count). The molecule has 0 bridgehead atoms. The van der Waals surface area contributed by atoms with E-state index in [1.54, 1.807) is 0 Å². The van der Waals surface area contributed by atoms with Crippen LogP contribution in [-0.2, 0) is 4.79 Å². The number of fused-ring (bicyclic) bond motifs is 1. The number of hydrogen-bond acceptors (Lipinski definition) is 4. The molecule has 160 valence electrons. The van der Waals surface area contributed by atoms with E-state index in [-0.39, 0.29) is 5.91 Å². The molecule has 0 saturated carbocycles. The Morgan fingerprint density at radius 2 is 1.55 bits per heavy atom. The highest BCUT2D eigenvalue weighted by molar-refractivity contribution is 6.07. The van der Waals surface area contributed by atoms with E-state index in [1.165, 1.54) is 0 Å². The highest BCUT2D eigenvalue weighted by Crippen LogP contribution is 2.21. The van der Waals surface area contributed by atoms with E-state index in [4.69, 9.17) is 4.74 Å². The maximum absolute atomic E-state index is 13.1. The number of ether oxygens (including phenoxy) is 1. The molecule has 0 aliphatic carbocycles. The minimum Gasteiger partial charge on any atom is -0.494 e. The molecule has 1 aliphatic rings. The number of aliphatic carboxylic acids is 1. The van der Waals surface area contributed by atoms with Crippen LogP contribution in [0.4, 0.5) is 0 Å². The van der Waals surface area contributed by atoms with Crippen LogP contribution in [0.3, 0.4) is 0 Å². The molecular weight excluding hydrogens is 392 g/mol. The Bertz CT molecular complexity index is 1040. The van der Waals surface area contributed by atoms with Crippen LogP contribution < -0.4 is 4.74 Å². The zero-order valence-corrected chi connectivity index (χ0v) is 17.3. The van der Waals surface area contributed by atoms with Crippen molar-refractivity contribution in [2.75, 3.05) is 32.8 Å². The number of carboxylic acids is 1. The van der Waals surface area contributed by atoms with E-state index < -0.39 is 12.0 Å². The number of carboxylic acid groups (broad SMARTS) is 1. The van der Waals surface area contributed by atoms with Crippen molar-refractivity contribution < 1.29 is 19.4 Å². The monoisotopic (exact) mass is 418 g/mol. The Labute approximate surface area is 181 Å². The number of carbonyl (C=O) groups excluding carboxylic acids is 1. The predicted molar refractivity (Wildman–Crippen MR) is 119 cm³/mol. The van der Waals surface area contributed by atoms with Crippen molar-refractivity contribution in [1.82, 2.24) is 9.80 Å². The van der Waals surface area contributed by atoms with Crippen LogP contribution in [0.15, 0.2) is 72.8 Å². The van der Waals surface area contributed by atoms with Gasteiger partial charge in [-0.2, -0.15) is 0 Å². The summed E-state index contributed by atoms with van der Waals surface area (Å²) in [7, 11) is 0. The molecule has 1 aliphatic heterocycles. The number of nitrogens with zero attached hydrogens (tertiary/aromatic N) is 2. The minimum atomic E-state index is -0.856. The molecule has 1 fully saturated rings. The Kier molecular flexibility index (Phi) is 6.48. The van der Waals surface area contributed by atoms with Crippen molar-refractivity contribution in [1.29, 1.82) is 0 Å². The molecule has 6 nitrogen and oxygen atoms in total. The zero-order valence-electron chi connectivity index (χ0n) is 17.3. The molecule has 1 atom stereocenters. The minimum absolute atomic E-state index is 0.00395. The lowest BCUT2D eigenvalue weighted by molar-refractivity contribution is -0.144. The van der Waals surface area contributed by atoms with E-state index in [2.05, 4.69) is 0 Å². The van der Waals surface area contributed by atoms with Crippen molar-refractivity contribution in [2.45, 2.75) is 12.5 Å². The van der Waals surface area contributed by atoms with E-state index in [0.717, 1.165) is 16.5 Å². The average molecular weight is 418 g/mol. The first-order valence-electron chi connectivity index (χ1n) is 10.6. The summed E-state index contributed by atoms with van der Waals surface area (Å²) in [5.74, 6) is -0.127. The molecule has 1 unspecified atom stereocenters. The van der Waals surface area contributed by atoms with Crippen LogP contribution in [0, 0.1) is 0 Å². The number of hydrogen-bond donors (Lipinski definition) is 1. The summed E-state index contributed by atoms with van der Waals surface area (Å²) in [5, 5.41) is 11.7. The molecule has 3 aromatic carbocycles. The van der Waals surface area contributed by atoms with Gasteiger partial charge in [0.25, 0.3) is 5.91 Å². The van der Waals surface area contributed by atoms with Crippen LogP contribution in [0.1, 0.15) is 16.8 Å². The molecule has 0 radical (unpaired) electrons. The first kappa shape index (κ1) is 20.9. The summed E-state index contributed by atoms with van der Waals surface area (Å²) in [6, 6.07) is 22.4. The quantitative estimate of drug-likeness (QED) is 0.636. The van der Waals surface area contributed by atoms with Crippen molar-refractivity contribution >= 4 is 22.6 Å². The second kappa shape index (κ2) is 9.62. The first-order valence-corrected chi connectivity index (χ1v) is 10.6. The Hall–Kier alpha value is -3.38. The molecule has 1 amide bonds. The smallest absolute Gasteiger partial charge is 0.321 e. The van der Waals surface area contributed by atoms with Gasteiger partial charge in [-0.15, -0.1) is 0 Å². The standard InChI is InChI=1S/C25H26N2O4/c28-24(22-12-6-8-19-7-4-5-11-21(19)22)27-16-14-26(15-17-27)23(25(29)30)13-18-31-20-9-2-1-3-10-20/h1-12,23H,13-18H2,(H,29,30). The fourth-order valence-corrected chi connectivity index (χ4v) is 4.09. The Balaban J connectivity index is 1.36. The summed E-state index contributed by atoms with van der Waals surface area (Å²) in [4.78, 5) is 28.7. The van der Waals surface area contributed by atoms with E-state index in [0.29, 0.717) is 44.8 Å². The van der Waals surface area contributed by atoms with Gasteiger partial charge in [-0.1, -0.05) is 54.6 Å². The second-order valence-corrected chi connectivity index (χ2v) is 7.66. The fourth-order valence-electron chi connectivity index (χ4n) is 4.09. The lowest BCUT2D eigenvalue weighted by atomic mass is 10.0. The maximum atomic E-state index is 13.1. The topological polar surface area (TPSA) is 70.1 Å². The molecule has 1 N–H and O–H groups in total. The predicted octanol–water partition coefficient (Wildman–Crippen LogP) is 3.52. The van der Waals surface area contributed by atoms with Gasteiger partial charge in [-0.3, -0.25) is 14.5 Å². The molecule has 0 aromatic heterocycles. The van der Waals surface area contributed by atoms with Gasteiger partial charge in [0.05, 0.1) is 6.61 Å². The zero-order chi connectivity index (χ0) is 21.6. The average Bonchev–Trinajstić information content (AvgIpc) is 2.82. The van der Waals surface area contributed by atoms with Crippen LogP contribution in [-0.4, -0.2) is 65.6 Å². The van der Waals surface area contributed by atoms with Crippen molar-refractivity contribution in [3.05, 3.63) is 78.4 Å². The van der Waals surface area contributed by atoms with Gasteiger partial charge in [-0.05, 0) is 29.0 Å². The van der Waals surface area contributed by atoms with Crippen LogP contribution in [0.5, 0.6) is 5.75 Å². The Morgan fingerprint density at radius 1 is 0.871 bits per heavy atom. The van der Waals surface area contributed by atoms with Crippen LogP contribution in [0.25, 0.3) is 10.8 Å². The SMILES string of the molecule is O=C(O)C(CCOc1ccccc1)N1CCN(C(=O)c2cccc3ccccc23)CC1. The van der Waals surface area contributed by atoms with Crippen molar-refractivity contribution in [3.63, 3.8) is 0 Å². The van der Waals surface area contributed by atoms with E-state index in [1.807, 2.05) is 82.6 Å². The number of amides is 1.